The van der Waals surface area contributed by atoms with Gasteiger partial charge in [-0.3, -0.25) is 0 Å². The summed E-state index contributed by atoms with van der Waals surface area (Å²) in [6.45, 7) is -0.0961. The van der Waals surface area contributed by atoms with E-state index < -0.39 is 11.8 Å². The van der Waals surface area contributed by atoms with Crippen molar-refractivity contribution >= 4 is 55.0 Å². The molecule has 134 valence electrons. The second kappa shape index (κ2) is 9.14. The standard InChI is InChI=1S/C16H16Br2FN3O3/c17-9-3-14(18)13(8-24)15(4-9)22-16(25)21-12-6-10(19)5-11(7-12)20-1-2-23/h3-7,20,23-24H,1-2,8H2,(H2,21,22,25). The van der Waals surface area contributed by atoms with Crippen molar-refractivity contribution in [2.24, 2.45) is 0 Å². The van der Waals surface area contributed by atoms with E-state index in [1.165, 1.54) is 12.1 Å². The van der Waals surface area contributed by atoms with E-state index in [1.54, 1.807) is 18.2 Å². The van der Waals surface area contributed by atoms with E-state index >= 15 is 0 Å². The van der Waals surface area contributed by atoms with Crippen molar-refractivity contribution < 1.29 is 19.4 Å². The summed E-state index contributed by atoms with van der Waals surface area (Å²) in [5.41, 5.74) is 1.61. The Bertz CT molecular complexity index is 775. The zero-order valence-corrected chi connectivity index (χ0v) is 16.1. The molecule has 0 fully saturated rings. The molecular formula is C16H16Br2FN3O3. The van der Waals surface area contributed by atoms with Gasteiger partial charge in [-0.15, -0.1) is 0 Å². The van der Waals surface area contributed by atoms with Crippen LogP contribution in [0.2, 0.25) is 0 Å². The lowest BCUT2D eigenvalue weighted by Crippen LogP contribution is -2.20. The number of halogens is 3. The number of aliphatic hydroxyl groups excluding tert-OH is 2. The second-order valence-electron chi connectivity index (χ2n) is 5.03. The van der Waals surface area contributed by atoms with Gasteiger partial charge >= 0.3 is 6.03 Å². The molecule has 5 N–H and O–H groups in total. The number of hydrogen-bond acceptors (Lipinski definition) is 4. The predicted octanol–water partition coefficient (Wildman–Crippen LogP) is 3.89. The van der Waals surface area contributed by atoms with Crippen LogP contribution < -0.4 is 16.0 Å². The lowest BCUT2D eigenvalue weighted by molar-refractivity contribution is 0.262. The van der Waals surface area contributed by atoms with Crippen LogP contribution in [-0.4, -0.2) is 29.4 Å². The van der Waals surface area contributed by atoms with Gasteiger partial charge in [-0.25, -0.2) is 9.18 Å². The predicted molar refractivity (Wildman–Crippen MR) is 102 cm³/mol. The van der Waals surface area contributed by atoms with Crippen LogP contribution in [0, 0.1) is 5.82 Å². The van der Waals surface area contributed by atoms with Crippen LogP contribution in [0.4, 0.5) is 26.2 Å². The Morgan fingerprint density at radius 1 is 1.04 bits per heavy atom. The molecule has 0 radical (unpaired) electrons. The molecule has 0 saturated heterocycles. The van der Waals surface area contributed by atoms with Crippen LogP contribution in [0.3, 0.4) is 0 Å². The van der Waals surface area contributed by atoms with Gasteiger partial charge in [0, 0.05) is 32.4 Å². The van der Waals surface area contributed by atoms with E-state index in [2.05, 4.69) is 47.8 Å². The average Bonchev–Trinajstić information content (AvgIpc) is 2.51. The maximum atomic E-state index is 13.6. The summed E-state index contributed by atoms with van der Waals surface area (Å²) in [6.07, 6.45) is 0. The third-order valence-corrected chi connectivity index (χ3v) is 4.33. The summed E-state index contributed by atoms with van der Waals surface area (Å²) in [4.78, 5) is 12.2. The van der Waals surface area contributed by atoms with E-state index in [9.17, 15) is 14.3 Å². The van der Waals surface area contributed by atoms with Gasteiger partial charge in [-0.05, 0) is 30.3 Å². The fourth-order valence-electron chi connectivity index (χ4n) is 2.12. The first-order chi connectivity index (χ1) is 11.9. The first-order valence-corrected chi connectivity index (χ1v) is 8.83. The van der Waals surface area contributed by atoms with Gasteiger partial charge in [-0.2, -0.15) is 0 Å². The number of nitrogens with one attached hydrogen (secondary N) is 3. The molecule has 2 aromatic rings. The summed E-state index contributed by atoms with van der Waals surface area (Å²) in [6, 6.07) is 6.79. The quantitative estimate of drug-likeness (QED) is 0.437. The molecule has 25 heavy (non-hydrogen) atoms. The molecule has 6 nitrogen and oxygen atoms in total. The number of amides is 2. The normalized spacial score (nSPS) is 10.4. The van der Waals surface area contributed by atoms with E-state index in [0.717, 1.165) is 0 Å². The fourth-order valence-corrected chi connectivity index (χ4v) is 3.48. The van der Waals surface area contributed by atoms with E-state index in [0.29, 0.717) is 25.9 Å². The van der Waals surface area contributed by atoms with Crippen molar-refractivity contribution in [3.8, 4) is 0 Å². The molecule has 0 unspecified atom stereocenters. The summed E-state index contributed by atoms with van der Waals surface area (Å²) in [5.74, 6) is -0.528. The largest absolute Gasteiger partial charge is 0.395 e. The Morgan fingerprint density at radius 3 is 2.44 bits per heavy atom. The number of carbonyl (C=O) groups is 1. The van der Waals surface area contributed by atoms with Gasteiger partial charge in [0.15, 0.2) is 0 Å². The minimum absolute atomic E-state index is 0.0958. The maximum Gasteiger partial charge on any atom is 0.323 e. The highest BCUT2D eigenvalue weighted by Gasteiger charge is 2.12. The van der Waals surface area contributed by atoms with Crippen LogP contribution >= 0.6 is 31.9 Å². The van der Waals surface area contributed by atoms with E-state index in [1.807, 2.05) is 0 Å². The molecule has 2 rings (SSSR count). The Kier molecular flexibility index (Phi) is 7.18. The maximum absolute atomic E-state index is 13.6. The number of benzene rings is 2. The summed E-state index contributed by atoms with van der Waals surface area (Å²) in [5, 5.41) is 26.2. The number of hydrogen-bond donors (Lipinski definition) is 5. The molecule has 2 amide bonds. The van der Waals surface area contributed by atoms with Crippen molar-refractivity contribution in [3.63, 3.8) is 0 Å². The fraction of sp³-hybridized carbons (Fsp3) is 0.188. The smallest absolute Gasteiger partial charge is 0.323 e. The Hall–Kier alpha value is -1.68. The van der Waals surface area contributed by atoms with E-state index in [-0.39, 0.29) is 25.4 Å². The monoisotopic (exact) mass is 475 g/mol. The molecule has 0 aliphatic heterocycles. The molecule has 0 atom stereocenters. The van der Waals surface area contributed by atoms with Crippen LogP contribution in [-0.2, 0) is 6.61 Å². The number of carbonyl (C=O) groups excluding carboxylic acids is 1. The minimum Gasteiger partial charge on any atom is -0.395 e. The number of anilines is 3. The molecule has 0 spiro atoms. The third kappa shape index (κ3) is 5.67. The first-order valence-electron chi connectivity index (χ1n) is 7.25. The third-order valence-electron chi connectivity index (χ3n) is 3.16. The van der Waals surface area contributed by atoms with Gasteiger partial charge in [0.05, 0.1) is 18.9 Å². The number of urea groups is 1. The number of rotatable bonds is 6. The minimum atomic E-state index is -0.585. The molecule has 0 aliphatic rings. The van der Waals surface area contributed by atoms with Crippen molar-refractivity contribution in [3.05, 3.63) is 50.7 Å². The summed E-state index contributed by atoms with van der Waals surface area (Å²) in [7, 11) is 0. The van der Waals surface area contributed by atoms with Gasteiger partial charge < -0.3 is 26.2 Å². The molecule has 0 bridgehead atoms. The van der Waals surface area contributed by atoms with Gasteiger partial charge in [0.1, 0.15) is 5.82 Å². The van der Waals surface area contributed by atoms with Gasteiger partial charge in [-0.1, -0.05) is 31.9 Å². The Morgan fingerprint density at radius 2 is 1.76 bits per heavy atom. The molecule has 0 aromatic heterocycles. The Labute approximate surface area is 160 Å². The molecular weight excluding hydrogens is 461 g/mol. The van der Waals surface area contributed by atoms with E-state index in [4.69, 9.17) is 5.11 Å². The summed E-state index contributed by atoms with van der Waals surface area (Å²) < 4.78 is 15.0. The highest BCUT2D eigenvalue weighted by atomic mass is 79.9. The van der Waals surface area contributed by atoms with Crippen molar-refractivity contribution in [1.82, 2.24) is 0 Å². The second-order valence-corrected chi connectivity index (χ2v) is 6.80. The van der Waals surface area contributed by atoms with Crippen molar-refractivity contribution in [1.29, 1.82) is 0 Å². The first kappa shape index (κ1) is 19.6. The molecule has 0 saturated carbocycles. The van der Waals surface area contributed by atoms with Crippen LogP contribution in [0.25, 0.3) is 0 Å². The van der Waals surface area contributed by atoms with Crippen LogP contribution in [0.5, 0.6) is 0 Å². The highest BCUT2D eigenvalue weighted by Crippen LogP contribution is 2.30. The molecule has 0 aliphatic carbocycles. The van der Waals surface area contributed by atoms with Crippen LogP contribution in [0.1, 0.15) is 5.56 Å². The number of aliphatic hydroxyl groups is 2. The zero-order valence-electron chi connectivity index (χ0n) is 12.9. The zero-order chi connectivity index (χ0) is 18.4. The topological polar surface area (TPSA) is 93.6 Å². The molecule has 2 aromatic carbocycles. The summed E-state index contributed by atoms with van der Waals surface area (Å²) >= 11 is 6.63. The lowest BCUT2D eigenvalue weighted by Gasteiger charge is -2.14. The molecule has 0 heterocycles. The van der Waals surface area contributed by atoms with Crippen LogP contribution in [0.15, 0.2) is 39.3 Å². The van der Waals surface area contributed by atoms with Gasteiger partial charge in [0.2, 0.25) is 0 Å². The highest BCUT2D eigenvalue weighted by molar-refractivity contribution is 9.11. The molecule has 9 heteroatoms. The SMILES string of the molecule is O=C(Nc1cc(F)cc(NCCO)c1)Nc1cc(Br)cc(Br)c1CO. The lowest BCUT2D eigenvalue weighted by atomic mass is 10.2. The van der Waals surface area contributed by atoms with Crippen molar-refractivity contribution in [2.45, 2.75) is 6.61 Å². The average molecular weight is 477 g/mol. The Balaban J connectivity index is 2.14. The van der Waals surface area contributed by atoms with Gasteiger partial charge in [0.25, 0.3) is 0 Å². The van der Waals surface area contributed by atoms with Crippen molar-refractivity contribution in [2.75, 3.05) is 29.1 Å².